The molecule has 5 nitrogen and oxygen atoms in total. The van der Waals surface area contributed by atoms with Crippen LogP contribution in [0, 0.1) is 0 Å². The summed E-state index contributed by atoms with van der Waals surface area (Å²) in [4.78, 5) is 25.5. The van der Waals surface area contributed by atoms with Crippen molar-refractivity contribution in [1.29, 1.82) is 0 Å². The minimum absolute atomic E-state index is 0.0375. The van der Waals surface area contributed by atoms with Gasteiger partial charge in [-0.05, 0) is 54.4 Å². The summed E-state index contributed by atoms with van der Waals surface area (Å²) in [7, 11) is 1.70. The summed E-state index contributed by atoms with van der Waals surface area (Å²) in [5.41, 5.74) is 2.49. The molecule has 0 atom stereocenters. The van der Waals surface area contributed by atoms with Gasteiger partial charge in [-0.2, -0.15) is 0 Å². The van der Waals surface area contributed by atoms with Gasteiger partial charge in [-0.25, -0.2) is 0 Å². The van der Waals surface area contributed by atoms with Crippen LogP contribution >= 0.6 is 0 Å². The SMILES string of the molecule is CN1C(=O)CCc2cc(NC(=O)c3ccc(OC(F)(F)F)cc3)ccc21. The Morgan fingerprint density at radius 1 is 1.12 bits per heavy atom. The third-order valence-corrected chi connectivity index (χ3v) is 4.03. The first-order chi connectivity index (χ1) is 12.2. The predicted molar refractivity (Wildman–Crippen MR) is 89.3 cm³/mol. The van der Waals surface area contributed by atoms with E-state index in [1.807, 2.05) is 0 Å². The Morgan fingerprint density at radius 3 is 2.46 bits per heavy atom. The largest absolute Gasteiger partial charge is 0.573 e. The van der Waals surface area contributed by atoms with E-state index in [-0.39, 0.29) is 11.5 Å². The molecule has 1 N–H and O–H groups in total. The normalized spacial score (nSPS) is 14.0. The highest BCUT2D eigenvalue weighted by molar-refractivity contribution is 6.04. The molecular formula is C18H15F3N2O3. The van der Waals surface area contributed by atoms with Crippen LogP contribution in [-0.4, -0.2) is 25.2 Å². The second-order valence-electron chi connectivity index (χ2n) is 5.82. The molecule has 0 unspecified atom stereocenters. The Hall–Kier alpha value is -3.03. The minimum Gasteiger partial charge on any atom is -0.406 e. The Balaban J connectivity index is 1.71. The number of carbonyl (C=O) groups is 2. The van der Waals surface area contributed by atoms with Gasteiger partial charge < -0.3 is 15.0 Å². The van der Waals surface area contributed by atoms with Gasteiger partial charge in [0.25, 0.3) is 5.91 Å². The van der Waals surface area contributed by atoms with Gasteiger partial charge in [0.2, 0.25) is 5.91 Å². The molecule has 2 aromatic rings. The Morgan fingerprint density at radius 2 is 1.81 bits per heavy atom. The highest BCUT2D eigenvalue weighted by Crippen LogP contribution is 2.29. The van der Waals surface area contributed by atoms with E-state index in [4.69, 9.17) is 0 Å². The zero-order valence-corrected chi connectivity index (χ0v) is 13.8. The quantitative estimate of drug-likeness (QED) is 0.903. The third-order valence-electron chi connectivity index (χ3n) is 4.03. The monoisotopic (exact) mass is 364 g/mol. The van der Waals surface area contributed by atoms with Crippen molar-refractivity contribution in [2.75, 3.05) is 17.3 Å². The maximum atomic E-state index is 12.3. The average Bonchev–Trinajstić information content (AvgIpc) is 2.57. The molecule has 2 amide bonds. The van der Waals surface area contributed by atoms with E-state index in [1.165, 1.54) is 12.1 Å². The topological polar surface area (TPSA) is 58.6 Å². The third kappa shape index (κ3) is 3.96. The maximum absolute atomic E-state index is 12.3. The number of alkyl halides is 3. The number of nitrogens with zero attached hydrogens (tertiary/aromatic N) is 1. The highest BCUT2D eigenvalue weighted by atomic mass is 19.4. The predicted octanol–water partition coefficient (Wildman–Crippen LogP) is 3.75. The van der Waals surface area contributed by atoms with Crippen LogP contribution in [0.3, 0.4) is 0 Å². The lowest BCUT2D eigenvalue weighted by Gasteiger charge is -2.26. The second kappa shape index (κ2) is 6.70. The highest BCUT2D eigenvalue weighted by Gasteiger charge is 2.31. The van der Waals surface area contributed by atoms with Crippen LogP contribution in [0.5, 0.6) is 5.75 Å². The van der Waals surface area contributed by atoms with Crippen LogP contribution in [0.1, 0.15) is 22.3 Å². The van der Waals surface area contributed by atoms with E-state index >= 15 is 0 Å². The van der Waals surface area contributed by atoms with Gasteiger partial charge in [0, 0.05) is 30.4 Å². The van der Waals surface area contributed by atoms with E-state index < -0.39 is 18.0 Å². The Kier molecular flexibility index (Phi) is 4.58. The van der Waals surface area contributed by atoms with E-state index in [0.717, 1.165) is 23.4 Å². The van der Waals surface area contributed by atoms with Gasteiger partial charge >= 0.3 is 6.36 Å². The first kappa shape index (κ1) is 17.8. The van der Waals surface area contributed by atoms with Gasteiger partial charge in [0.1, 0.15) is 5.75 Å². The van der Waals surface area contributed by atoms with Crippen molar-refractivity contribution in [3.63, 3.8) is 0 Å². The van der Waals surface area contributed by atoms with Crippen molar-refractivity contribution in [1.82, 2.24) is 0 Å². The van der Waals surface area contributed by atoms with Crippen molar-refractivity contribution in [3.05, 3.63) is 53.6 Å². The number of benzene rings is 2. The molecule has 0 aromatic heterocycles. The zero-order valence-electron chi connectivity index (χ0n) is 13.8. The summed E-state index contributed by atoms with van der Waals surface area (Å²) in [5, 5.41) is 2.70. The first-order valence-electron chi connectivity index (χ1n) is 7.79. The summed E-state index contributed by atoms with van der Waals surface area (Å²) in [6.07, 6.45) is -3.78. The van der Waals surface area contributed by atoms with Crippen LogP contribution in [0.15, 0.2) is 42.5 Å². The Labute approximate surface area is 147 Å². The number of hydrogen-bond acceptors (Lipinski definition) is 3. The smallest absolute Gasteiger partial charge is 0.406 e. The van der Waals surface area contributed by atoms with E-state index in [2.05, 4.69) is 10.1 Å². The molecule has 26 heavy (non-hydrogen) atoms. The van der Waals surface area contributed by atoms with Gasteiger partial charge in [0.15, 0.2) is 0 Å². The molecule has 1 aliphatic rings. The molecule has 136 valence electrons. The van der Waals surface area contributed by atoms with E-state index in [1.54, 1.807) is 30.1 Å². The van der Waals surface area contributed by atoms with E-state index in [0.29, 0.717) is 18.5 Å². The minimum atomic E-state index is -4.78. The molecule has 1 heterocycles. The van der Waals surface area contributed by atoms with Gasteiger partial charge in [-0.1, -0.05) is 0 Å². The van der Waals surface area contributed by atoms with Crippen LogP contribution in [0.2, 0.25) is 0 Å². The zero-order chi connectivity index (χ0) is 18.9. The molecule has 0 fully saturated rings. The van der Waals surface area contributed by atoms with E-state index in [9.17, 15) is 22.8 Å². The molecule has 1 aliphatic heterocycles. The van der Waals surface area contributed by atoms with Gasteiger partial charge in [-0.3, -0.25) is 9.59 Å². The van der Waals surface area contributed by atoms with Gasteiger partial charge in [-0.15, -0.1) is 13.2 Å². The van der Waals surface area contributed by atoms with Crippen molar-refractivity contribution in [2.24, 2.45) is 0 Å². The number of halogens is 3. The van der Waals surface area contributed by atoms with Crippen molar-refractivity contribution < 1.29 is 27.5 Å². The number of nitrogens with one attached hydrogen (secondary N) is 1. The maximum Gasteiger partial charge on any atom is 0.573 e. The average molecular weight is 364 g/mol. The van der Waals surface area contributed by atoms with Crippen LogP contribution in [0.4, 0.5) is 24.5 Å². The number of aryl methyl sites for hydroxylation is 1. The standard InChI is InChI=1S/C18H15F3N2O3/c1-23-15-8-5-13(10-12(15)4-9-16(23)24)22-17(25)11-2-6-14(7-3-11)26-18(19,20)21/h2-3,5-8,10H,4,9H2,1H3,(H,22,25). The summed E-state index contributed by atoms with van der Waals surface area (Å²) in [6.45, 7) is 0. The second-order valence-corrected chi connectivity index (χ2v) is 5.82. The lowest BCUT2D eigenvalue weighted by Crippen LogP contribution is -2.31. The van der Waals surface area contributed by atoms with Crippen LogP contribution in [-0.2, 0) is 11.2 Å². The lowest BCUT2D eigenvalue weighted by atomic mass is 10.0. The number of anilines is 2. The molecule has 0 bridgehead atoms. The fourth-order valence-electron chi connectivity index (χ4n) is 2.75. The molecule has 8 heteroatoms. The number of hydrogen-bond donors (Lipinski definition) is 1. The molecule has 0 radical (unpaired) electrons. The lowest BCUT2D eigenvalue weighted by molar-refractivity contribution is -0.274. The van der Waals surface area contributed by atoms with Crippen molar-refractivity contribution in [2.45, 2.75) is 19.2 Å². The van der Waals surface area contributed by atoms with Crippen molar-refractivity contribution in [3.8, 4) is 5.75 Å². The number of ether oxygens (including phenoxy) is 1. The Bertz CT molecular complexity index is 848. The van der Waals surface area contributed by atoms with Crippen molar-refractivity contribution >= 4 is 23.2 Å². The molecule has 0 saturated heterocycles. The summed E-state index contributed by atoms with van der Waals surface area (Å²) in [5.74, 6) is -0.810. The number of rotatable bonds is 3. The molecule has 0 spiro atoms. The van der Waals surface area contributed by atoms with Crippen LogP contribution in [0.25, 0.3) is 0 Å². The molecule has 2 aromatic carbocycles. The molecule has 3 rings (SSSR count). The summed E-state index contributed by atoms with van der Waals surface area (Å²) >= 11 is 0. The fraction of sp³-hybridized carbons (Fsp3) is 0.222. The number of amides is 2. The molecule has 0 saturated carbocycles. The summed E-state index contributed by atoms with van der Waals surface area (Å²) < 4.78 is 40.2. The summed E-state index contributed by atoms with van der Waals surface area (Å²) in [6, 6.07) is 9.88. The van der Waals surface area contributed by atoms with Crippen LogP contribution < -0.4 is 15.0 Å². The van der Waals surface area contributed by atoms with Gasteiger partial charge in [0.05, 0.1) is 0 Å². The fourth-order valence-corrected chi connectivity index (χ4v) is 2.75. The number of carbonyl (C=O) groups excluding carboxylic acids is 2. The number of fused-ring (bicyclic) bond motifs is 1. The molecule has 0 aliphatic carbocycles. The first-order valence-corrected chi connectivity index (χ1v) is 7.79. The molecular weight excluding hydrogens is 349 g/mol.